The van der Waals surface area contributed by atoms with E-state index in [1.165, 1.54) is 11.1 Å². The predicted octanol–water partition coefficient (Wildman–Crippen LogP) is 5.12. The molecule has 0 saturated heterocycles. The van der Waals surface area contributed by atoms with Crippen molar-refractivity contribution in [2.24, 2.45) is 0 Å². The Morgan fingerprint density at radius 1 is 1.11 bits per heavy atom. The lowest BCUT2D eigenvalue weighted by Crippen LogP contribution is -1.92. The van der Waals surface area contributed by atoms with Crippen LogP contribution < -0.4 is 0 Å². The summed E-state index contributed by atoms with van der Waals surface area (Å²) in [6.07, 6.45) is 9.81. The van der Waals surface area contributed by atoms with Gasteiger partial charge in [-0.2, -0.15) is 0 Å². The van der Waals surface area contributed by atoms with E-state index in [0.29, 0.717) is 0 Å². The van der Waals surface area contributed by atoms with E-state index < -0.39 is 0 Å². The van der Waals surface area contributed by atoms with Crippen LogP contribution in [0.4, 0.5) is 0 Å². The van der Waals surface area contributed by atoms with E-state index >= 15 is 0 Å². The minimum Gasteiger partial charge on any atom is -0.289 e. The first-order valence-corrected chi connectivity index (χ1v) is 6.66. The van der Waals surface area contributed by atoms with Gasteiger partial charge in [0.15, 0.2) is 5.78 Å². The van der Waals surface area contributed by atoms with Crippen molar-refractivity contribution in [3.63, 3.8) is 0 Å². The largest absolute Gasteiger partial charge is 0.289 e. The van der Waals surface area contributed by atoms with E-state index in [0.717, 1.165) is 18.4 Å². The Morgan fingerprint density at radius 2 is 1.79 bits per heavy atom. The van der Waals surface area contributed by atoms with Gasteiger partial charge in [-0.1, -0.05) is 59.7 Å². The van der Waals surface area contributed by atoms with Gasteiger partial charge < -0.3 is 0 Å². The molecule has 100 valence electrons. The van der Waals surface area contributed by atoms with Gasteiger partial charge in [0.1, 0.15) is 0 Å². The normalized spacial score (nSPS) is 11.6. The van der Waals surface area contributed by atoms with E-state index in [-0.39, 0.29) is 5.78 Å². The summed E-state index contributed by atoms with van der Waals surface area (Å²) in [6.45, 7) is 6.31. The van der Waals surface area contributed by atoms with Crippen molar-refractivity contribution in [1.82, 2.24) is 0 Å². The molecule has 0 aliphatic heterocycles. The molecule has 0 bridgehead atoms. The Bertz CT molecular complexity index is 486. The summed E-state index contributed by atoms with van der Waals surface area (Å²) in [4.78, 5) is 11.8. The minimum atomic E-state index is 0.0500. The molecule has 1 heteroatoms. The third kappa shape index (κ3) is 6.56. The van der Waals surface area contributed by atoms with Crippen molar-refractivity contribution < 1.29 is 4.79 Å². The smallest absolute Gasteiger partial charge is 0.185 e. The number of carbonyl (C=O) groups is 1. The molecule has 0 aliphatic carbocycles. The van der Waals surface area contributed by atoms with Crippen molar-refractivity contribution in [2.45, 2.75) is 33.6 Å². The Hall–Kier alpha value is -1.89. The van der Waals surface area contributed by atoms with E-state index in [1.807, 2.05) is 42.5 Å². The standard InChI is InChI=1S/C18H22O/c1-15(2)9-7-10-16(3)11-8-14-18(19)17-12-5-4-6-13-17/h4-6,8-9,11-14H,7,10H2,1-3H3/b14-8+,16-11+. The van der Waals surface area contributed by atoms with Crippen LogP contribution in [0.2, 0.25) is 0 Å². The number of benzene rings is 1. The Balaban J connectivity index is 2.48. The van der Waals surface area contributed by atoms with Crippen LogP contribution in [0.15, 0.2) is 65.8 Å². The van der Waals surface area contributed by atoms with Crippen molar-refractivity contribution in [2.75, 3.05) is 0 Å². The van der Waals surface area contributed by atoms with Crippen molar-refractivity contribution >= 4 is 5.78 Å². The zero-order valence-electron chi connectivity index (χ0n) is 12.0. The highest BCUT2D eigenvalue weighted by atomic mass is 16.1. The van der Waals surface area contributed by atoms with E-state index in [9.17, 15) is 4.79 Å². The number of allylic oxidation sites excluding steroid dienone is 6. The summed E-state index contributed by atoms with van der Waals surface area (Å²) in [5.74, 6) is 0.0500. The Kier molecular flexibility index (Phi) is 6.59. The molecule has 19 heavy (non-hydrogen) atoms. The van der Waals surface area contributed by atoms with Gasteiger partial charge in [-0.3, -0.25) is 4.79 Å². The number of ketones is 1. The molecular formula is C18H22O. The SMILES string of the molecule is CC(C)=CCC/C(C)=C/C=C/C(=O)c1ccccc1. The summed E-state index contributed by atoms with van der Waals surface area (Å²) < 4.78 is 0. The summed E-state index contributed by atoms with van der Waals surface area (Å²) in [5.41, 5.74) is 3.37. The maximum atomic E-state index is 11.8. The Labute approximate surface area is 116 Å². The second kappa shape index (κ2) is 8.25. The highest BCUT2D eigenvalue weighted by Crippen LogP contribution is 2.07. The van der Waals surface area contributed by atoms with Gasteiger partial charge >= 0.3 is 0 Å². The lowest BCUT2D eigenvalue weighted by molar-refractivity contribution is 0.104. The molecule has 0 unspecified atom stereocenters. The molecule has 0 aromatic heterocycles. The van der Waals surface area contributed by atoms with Crippen molar-refractivity contribution in [3.05, 3.63) is 71.3 Å². The van der Waals surface area contributed by atoms with Crippen molar-refractivity contribution in [1.29, 1.82) is 0 Å². The molecule has 0 heterocycles. The molecule has 0 amide bonds. The fourth-order valence-electron chi connectivity index (χ4n) is 1.67. The second-order valence-corrected chi connectivity index (χ2v) is 4.92. The predicted molar refractivity (Wildman–Crippen MR) is 82.3 cm³/mol. The van der Waals surface area contributed by atoms with Crippen LogP contribution in [-0.4, -0.2) is 5.78 Å². The summed E-state index contributed by atoms with van der Waals surface area (Å²) in [6, 6.07) is 9.33. The molecule has 0 spiro atoms. The zero-order chi connectivity index (χ0) is 14.1. The highest BCUT2D eigenvalue weighted by molar-refractivity contribution is 6.04. The van der Waals surface area contributed by atoms with E-state index in [1.54, 1.807) is 6.08 Å². The van der Waals surface area contributed by atoms with Crippen LogP contribution in [0.3, 0.4) is 0 Å². The van der Waals surface area contributed by atoms with Gasteiger partial charge in [0.25, 0.3) is 0 Å². The molecule has 0 saturated carbocycles. The van der Waals surface area contributed by atoms with E-state index in [4.69, 9.17) is 0 Å². The highest BCUT2D eigenvalue weighted by Gasteiger charge is 1.97. The van der Waals surface area contributed by atoms with Crippen LogP contribution in [0.25, 0.3) is 0 Å². The van der Waals surface area contributed by atoms with Gasteiger partial charge in [-0.05, 0) is 39.7 Å². The fraction of sp³-hybridized carbons (Fsp3) is 0.278. The molecule has 0 N–H and O–H groups in total. The molecule has 1 aromatic carbocycles. The third-order valence-electron chi connectivity index (χ3n) is 2.78. The van der Waals surface area contributed by atoms with Gasteiger partial charge in [0.05, 0.1) is 0 Å². The Morgan fingerprint density at radius 3 is 2.42 bits per heavy atom. The lowest BCUT2D eigenvalue weighted by atomic mass is 10.1. The first-order chi connectivity index (χ1) is 9.09. The molecule has 1 nitrogen and oxygen atoms in total. The first-order valence-electron chi connectivity index (χ1n) is 6.66. The minimum absolute atomic E-state index is 0.0500. The molecule has 0 fully saturated rings. The lowest BCUT2D eigenvalue weighted by Gasteiger charge is -1.97. The number of rotatable bonds is 6. The van der Waals surface area contributed by atoms with Gasteiger partial charge in [0.2, 0.25) is 0 Å². The first kappa shape index (κ1) is 15.2. The monoisotopic (exact) mass is 254 g/mol. The summed E-state index contributed by atoms with van der Waals surface area (Å²) in [7, 11) is 0. The molecule has 1 aromatic rings. The fourth-order valence-corrected chi connectivity index (χ4v) is 1.67. The molecule has 0 atom stereocenters. The quantitative estimate of drug-likeness (QED) is 0.298. The van der Waals surface area contributed by atoms with Crippen LogP contribution in [0.1, 0.15) is 44.0 Å². The average Bonchev–Trinajstić information content (AvgIpc) is 2.39. The third-order valence-corrected chi connectivity index (χ3v) is 2.78. The molecule has 0 aliphatic rings. The summed E-state index contributed by atoms with van der Waals surface area (Å²) >= 11 is 0. The topological polar surface area (TPSA) is 17.1 Å². The van der Waals surface area contributed by atoms with Gasteiger partial charge in [-0.15, -0.1) is 0 Å². The number of hydrogen-bond donors (Lipinski definition) is 0. The van der Waals surface area contributed by atoms with Crippen LogP contribution in [0, 0.1) is 0 Å². The van der Waals surface area contributed by atoms with Crippen LogP contribution in [-0.2, 0) is 0 Å². The number of hydrogen-bond acceptors (Lipinski definition) is 1. The maximum Gasteiger partial charge on any atom is 0.185 e. The zero-order valence-corrected chi connectivity index (χ0v) is 12.0. The second-order valence-electron chi connectivity index (χ2n) is 4.92. The van der Waals surface area contributed by atoms with Gasteiger partial charge in [-0.25, -0.2) is 0 Å². The summed E-state index contributed by atoms with van der Waals surface area (Å²) in [5, 5.41) is 0. The molecule has 1 rings (SSSR count). The average molecular weight is 254 g/mol. The molecular weight excluding hydrogens is 232 g/mol. The molecule has 0 radical (unpaired) electrons. The number of carbonyl (C=O) groups excluding carboxylic acids is 1. The maximum absolute atomic E-state index is 11.8. The van der Waals surface area contributed by atoms with Crippen LogP contribution in [0.5, 0.6) is 0 Å². The van der Waals surface area contributed by atoms with Gasteiger partial charge in [0, 0.05) is 5.56 Å². The van der Waals surface area contributed by atoms with Crippen LogP contribution >= 0.6 is 0 Å². The van der Waals surface area contributed by atoms with E-state index in [2.05, 4.69) is 26.8 Å². The van der Waals surface area contributed by atoms with Crippen molar-refractivity contribution in [3.8, 4) is 0 Å².